The highest BCUT2D eigenvalue weighted by Gasteiger charge is 2.32. The van der Waals surface area contributed by atoms with Crippen molar-refractivity contribution < 1.29 is 58.2 Å². The molecule has 15 N–H and O–H groups in total. The first kappa shape index (κ1) is 36.7. The Morgan fingerprint density at radius 1 is 0.548 bits per heavy atom. The molecule has 0 radical (unpaired) electrons. The Morgan fingerprint density at radius 3 is 1.40 bits per heavy atom. The molecule has 0 spiro atoms. The second-order valence-electron chi connectivity index (χ2n) is 8.74. The maximum atomic E-state index is 12.8. The second kappa shape index (κ2) is 17.4. The number of carbonyl (C=O) groups excluding carboxylic acids is 8. The van der Waals surface area contributed by atoms with Gasteiger partial charge in [-0.05, 0) is 6.92 Å². The van der Waals surface area contributed by atoms with Crippen molar-refractivity contribution >= 4 is 59.2 Å². The van der Waals surface area contributed by atoms with Crippen molar-refractivity contribution in [2.45, 2.75) is 62.8 Å². The van der Waals surface area contributed by atoms with Gasteiger partial charge < -0.3 is 59.7 Å². The van der Waals surface area contributed by atoms with Gasteiger partial charge in [-0.3, -0.25) is 47.9 Å². The van der Waals surface area contributed by atoms with E-state index in [1.54, 1.807) is 0 Å². The zero-order valence-corrected chi connectivity index (χ0v) is 22.2. The lowest BCUT2D eigenvalue weighted by molar-refractivity contribution is -0.142. The van der Waals surface area contributed by atoms with E-state index in [9.17, 15) is 47.9 Å². The maximum Gasteiger partial charge on any atom is 0.322 e. The van der Waals surface area contributed by atoms with E-state index < -0.39 is 122 Å². The summed E-state index contributed by atoms with van der Waals surface area (Å²) in [7, 11) is 0. The van der Waals surface area contributed by atoms with Crippen LogP contribution in [0.3, 0.4) is 0 Å². The summed E-state index contributed by atoms with van der Waals surface area (Å²) in [5, 5.41) is 27.9. The van der Waals surface area contributed by atoms with Gasteiger partial charge in [0.2, 0.25) is 47.3 Å². The molecule has 21 heteroatoms. The Labute approximate surface area is 236 Å². The molecule has 0 bridgehead atoms. The molecule has 42 heavy (non-hydrogen) atoms. The van der Waals surface area contributed by atoms with Crippen LogP contribution in [0.25, 0.3) is 0 Å². The van der Waals surface area contributed by atoms with Gasteiger partial charge in [-0.2, -0.15) is 0 Å². The molecule has 0 rings (SSSR count). The predicted octanol–water partition coefficient (Wildman–Crippen LogP) is -7.43. The Balaban J connectivity index is 5.64. The number of amides is 8. The van der Waals surface area contributed by atoms with Crippen LogP contribution < -0.4 is 49.5 Å². The summed E-state index contributed by atoms with van der Waals surface area (Å²) >= 11 is 0. The fourth-order valence-electron chi connectivity index (χ4n) is 3.03. The third kappa shape index (κ3) is 14.7. The summed E-state index contributed by atoms with van der Waals surface area (Å²) in [5.74, 6) is -11.9. The van der Waals surface area contributed by atoms with Crippen LogP contribution in [0.2, 0.25) is 0 Å². The Morgan fingerprint density at radius 2 is 0.952 bits per heavy atom. The largest absolute Gasteiger partial charge is 0.481 e. The molecule has 0 saturated heterocycles. The van der Waals surface area contributed by atoms with Crippen LogP contribution in [0, 0.1) is 0 Å². The van der Waals surface area contributed by atoms with E-state index in [2.05, 4.69) is 10.6 Å². The number of carboxylic acid groups (broad SMARTS) is 2. The van der Waals surface area contributed by atoms with Gasteiger partial charge in [-0.15, -0.1) is 0 Å². The standard InChI is InChI=1S/C21H33N9O12/c1-7(17(38)28-9(3-13(24)32)19(40)26-6-16(36)37)27-20(41)10(4-14(25)33)30-21(42)11(5-15(34)35)29-18(39)8(22)2-12(23)31/h7-11H,2-6,22H2,1H3,(H2,23,31)(H2,24,32)(H2,25,33)(H,26,40)(H,27,41)(H,28,38)(H,29,39)(H,30,42)(H,34,35)(H,36,37). The zero-order valence-electron chi connectivity index (χ0n) is 22.2. The summed E-state index contributed by atoms with van der Waals surface area (Å²) in [6, 6.07) is -8.33. The molecule has 5 unspecified atom stereocenters. The zero-order chi connectivity index (χ0) is 32.7. The lowest BCUT2D eigenvalue weighted by Crippen LogP contribution is -2.59. The third-order valence-corrected chi connectivity index (χ3v) is 5.01. The molecule has 0 fully saturated rings. The normalized spacial score (nSPS) is 14.0. The second-order valence-corrected chi connectivity index (χ2v) is 8.74. The molecule has 0 heterocycles. The van der Waals surface area contributed by atoms with Gasteiger partial charge >= 0.3 is 11.9 Å². The van der Waals surface area contributed by atoms with Crippen LogP contribution in [-0.2, 0) is 47.9 Å². The van der Waals surface area contributed by atoms with Crippen molar-refractivity contribution in [1.82, 2.24) is 26.6 Å². The summed E-state index contributed by atoms with van der Waals surface area (Å²) in [4.78, 5) is 118. The van der Waals surface area contributed by atoms with Crippen LogP contribution in [0.5, 0.6) is 0 Å². The van der Waals surface area contributed by atoms with Crippen molar-refractivity contribution in [1.29, 1.82) is 0 Å². The van der Waals surface area contributed by atoms with Crippen molar-refractivity contribution in [3.05, 3.63) is 0 Å². The molecule has 8 amide bonds. The molecule has 0 aromatic heterocycles. The monoisotopic (exact) mass is 603 g/mol. The first-order valence-corrected chi connectivity index (χ1v) is 11.9. The molecule has 0 aliphatic carbocycles. The molecule has 0 aromatic rings. The number of hydrogen-bond acceptors (Lipinski definition) is 11. The number of primary amides is 3. The van der Waals surface area contributed by atoms with Crippen LogP contribution in [0.15, 0.2) is 0 Å². The van der Waals surface area contributed by atoms with Gasteiger partial charge in [0.1, 0.15) is 30.7 Å². The molecule has 0 aliphatic rings. The van der Waals surface area contributed by atoms with E-state index >= 15 is 0 Å². The number of hydrogen-bond donors (Lipinski definition) is 11. The Hall–Kier alpha value is -5.34. The van der Waals surface area contributed by atoms with E-state index in [4.69, 9.17) is 33.1 Å². The number of carboxylic acids is 2. The van der Waals surface area contributed by atoms with Crippen molar-refractivity contribution in [2.75, 3.05) is 6.54 Å². The van der Waals surface area contributed by atoms with Crippen LogP contribution >= 0.6 is 0 Å². The lowest BCUT2D eigenvalue weighted by Gasteiger charge is -2.24. The van der Waals surface area contributed by atoms with Gasteiger partial charge in [0.05, 0.1) is 31.7 Å². The fourth-order valence-corrected chi connectivity index (χ4v) is 3.03. The van der Waals surface area contributed by atoms with E-state index in [0.29, 0.717) is 0 Å². The lowest BCUT2D eigenvalue weighted by atomic mass is 10.1. The Bertz CT molecular complexity index is 1110. The molecule has 5 atom stereocenters. The summed E-state index contributed by atoms with van der Waals surface area (Å²) < 4.78 is 0. The van der Waals surface area contributed by atoms with Gasteiger partial charge in [0.25, 0.3) is 0 Å². The summed E-state index contributed by atoms with van der Waals surface area (Å²) in [5.41, 5.74) is 20.6. The molecular formula is C21H33N9O12. The first-order valence-electron chi connectivity index (χ1n) is 11.9. The topological polar surface area (TPSA) is 375 Å². The third-order valence-electron chi connectivity index (χ3n) is 5.01. The minimum Gasteiger partial charge on any atom is -0.481 e. The SMILES string of the molecule is CC(NC(=O)C(CC(N)=O)NC(=O)C(CC(=O)O)NC(=O)C(N)CC(N)=O)C(=O)NC(CC(N)=O)C(=O)NCC(=O)O. The quantitative estimate of drug-likeness (QED) is 0.0654. The molecule has 0 aliphatic heterocycles. The average Bonchev–Trinajstić information content (AvgIpc) is 2.84. The number of rotatable bonds is 19. The average molecular weight is 604 g/mol. The number of nitrogens with two attached hydrogens (primary N) is 4. The number of aliphatic carboxylic acids is 2. The van der Waals surface area contributed by atoms with E-state index in [-0.39, 0.29) is 0 Å². The van der Waals surface area contributed by atoms with Crippen LogP contribution in [0.4, 0.5) is 0 Å². The maximum absolute atomic E-state index is 12.8. The number of nitrogens with one attached hydrogen (secondary N) is 5. The molecule has 21 nitrogen and oxygen atoms in total. The van der Waals surface area contributed by atoms with Crippen LogP contribution in [0.1, 0.15) is 32.6 Å². The highest BCUT2D eigenvalue weighted by molar-refractivity contribution is 5.99. The summed E-state index contributed by atoms with van der Waals surface area (Å²) in [6.07, 6.45) is -3.25. The highest BCUT2D eigenvalue weighted by Crippen LogP contribution is 2.01. The van der Waals surface area contributed by atoms with E-state index in [1.165, 1.54) is 0 Å². The molecule has 234 valence electrons. The van der Waals surface area contributed by atoms with E-state index in [0.717, 1.165) is 6.92 Å². The minimum atomic E-state index is -1.85. The van der Waals surface area contributed by atoms with Crippen molar-refractivity contribution in [2.24, 2.45) is 22.9 Å². The smallest absolute Gasteiger partial charge is 0.322 e. The van der Waals surface area contributed by atoms with E-state index in [1.807, 2.05) is 16.0 Å². The molecule has 0 saturated carbocycles. The van der Waals surface area contributed by atoms with Crippen molar-refractivity contribution in [3.63, 3.8) is 0 Å². The van der Waals surface area contributed by atoms with Crippen molar-refractivity contribution in [3.8, 4) is 0 Å². The summed E-state index contributed by atoms with van der Waals surface area (Å²) in [6.45, 7) is 0.256. The van der Waals surface area contributed by atoms with Gasteiger partial charge in [0, 0.05) is 0 Å². The number of carbonyl (C=O) groups is 10. The molecule has 0 aromatic carbocycles. The van der Waals surface area contributed by atoms with Crippen LogP contribution in [-0.4, -0.2) is 106 Å². The highest BCUT2D eigenvalue weighted by atomic mass is 16.4. The van der Waals surface area contributed by atoms with Gasteiger partial charge in [0.15, 0.2) is 0 Å². The fraction of sp³-hybridized carbons (Fsp3) is 0.524. The minimum absolute atomic E-state index is 0.637. The predicted molar refractivity (Wildman–Crippen MR) is 136 cm³/mol. The first-order chi connectivity index (χ1) is 19.3. The molecular weight excluding hydrogens is 570 g/mol. The Kier molecular flexibility index (Phi) is 15.2. The van der Waals surface area contributed by atoms with Gasteiger partial charge in [-0.25, -0.2) is 0 Å². The van der Waals surface area contributed by atoms with Gasteiger partial charge in [-0.1, -0.05) is 0 Å².